The van der Waals surface area contributed by atoms with Crippen LogP contribution in [0, 0.1) is 29.1 Å². The molecule has 302 valence electrons. The monoisotopic (exact) mass is 765 g/mol. The van der Waals surface area contributed by atoms with Crippen LogP contribution in [0.1, 0.15) is 174 Å². The second kappa shape index (κ2) is 12.7. The molecular formula is C52H69BN2O2. The molecule has 5 heteroatoms. The van der Waals surface area contributed by atoms with Crippen LogP contribution >= 0.6 is 0 Å². The minimum atomic E-state index is 0.0737. The fourth-order valence-corrected chi connectivity index (χ4v) is 16.2. The minimum absolute atomic E-state index is 0.0737. The van der Waals surface area contributed by atoms with Gasteiger partial charge in [-0.1, -0.05) is 108 Å². The first-order chi connectivity index (χ1) is 27.5. The molecule has 11 aliphatic rings. The van der Waals surface area contributed by atoms with Gasteiger partial charge >= 0.3 is 0 Å². The number of rotatable bonds is 2. The number of hydrogen-bond donors (Lipinski definition) is 0. The van der Waals surface area contributed by atoms with Crippen molar-refractivity contribution in [2.45, 2.75) is 198 Å². The summed E-state index contributed by atoms with van der Waals surface area (Å²) in [5, 5.41) is 0. The van der Waals surface area contributed by atoms with Gasteiger partial charge in [0.25, 0.3) is 0 Å². The Morgan fingerprint density at radius 2 is 1.70 bits per heavy atom. The number of ether oxygens (including phenoxy) is 2. The van der Waals surface area contributed by atoms with Crippen molar-refractivity contribution in [2.24, 2.45) is 29.1 Å². The van der Waals surface area contributed by atoms with Crippen LogP contribution in [-0.4, -0.2) is 40.1 Å². The standard InChI is InChI=1S/C52H69BN2O2/c1-31-26-41-45-42(27-31)55-47-38(52(51(55,5)6)24-13-8-14-25-52)28-33(32-16-9-7-10-17-32)29-39(47)53(45)49-46(37-23-22-34(50(2,3)4)30-44(37)57-49)54(41)40-20-15-19-36-35-18-11-12-21-43(35)56-48(36)40/h11,18,22-23,29-32,36,38-39,42,46-47,49H,7-10,12-17,19-21,24-28H2,1-6H3. The molecule has 6 aliphatic carbocycles. The van der Waals surface area contributed by atoms with E-state index in [4.69, 9.17) is 9.47 Å². The Labute approximate surface area is 344 Å². The molecule has 1 aromatic rings. The summed E-state index contributed by atoms with van der Waals surface area (Å²) < 4.78 is 14.9. The van der Waals surface area contributed by atoms with Crippen LogP contribution in [0.5, 0.6) is 5.75 Å². The second-order valence-corrected chi connectivity index (χ2v) is 22.7. The normalized spacial score (nSPS) is 37.6. The highest BCUT2D eigenvalue weighted by Crippen LogP contribution is 2.71. The largest absolute Gasteiger partial charge is 0.496 e. The van der Waals surface area contributed by atoms with Crippen molar-refractivity contribution in [1.29, 1.82) is 0 Å². The molecule has 12 rings (SSSR count). The summed E-state index contributed by atoms with van der Waals surface area (Å²) in [7, 11) is 0. The lowest BCUT2D eigenvalue weighted by atomic mass is 9.25. The predicted octanol–water partition coefficient (Wildman–Crippen LogP) is 12.7. The van der Waals surface area contributed by atoms with E-state index >= 15 is 0 Å². The van der Waals surface area contributed by atoms with Gasteiger partial charge in [0, 0.05) is 46.8 Å². The van der Waals surface area contributed by atoms with E-state index in [0.717, 1.165) is 31.1 Å². The Bertz CT molecular complexity index is 2030. The maximum absolute atomic E-state index is 7.74. The van der Waals surface area contributed by atoms with Crippen LogP contribution in [-0.2, 0) is 10.2 Å². The molecule has 0 radical (unpaired) electrons. The van der Waals surface area contributed by atoms with Crippen molar-refractivity contribution in [3.8, 4) is 5.75 Å². The van der Waals surface area contributed by atoms with E-state index in [2.05, 4.69) is 87.8 Å². The van der Waals surface area contributed by atoms with Crippen molar-refractivity contribution in [3.05, 3.63) is 87.1 Å². The van der Waals surface area contributed by atoms with Crippen molar-refractivity contribution >= 4 is 6.71 Å². The van der Waals surface area contributed by atoms with Crippen LogP contribution < -0.4 is 4.74 Å². The van der Waals surface area contributed by atoms with Crippen molar-refractivity contribution in [2.75, 3.05) is 0 Å². The molecule has 1 spiro atoms. The fraction of sp³-hybridized carbons (Fsp3) is 0.692. The topological polar surface area (TPSA) is 24.9 Å². The van der Waals surface area contributed by atoms with Gasteiger partial charge < -0.3 is 14.4 Å². The van der Waals surface area contributed by atoms with Crippen LogP contribution in [0.25, 0.3) is 0 Å². The number of fused-ring (bicyclic) bond motifs is 9. The van der Waals surface area contributed by atoms with Gasteiger partial charge in [-0.15, -0.1) is 0 Å². The zero-order valence-electron chi connectivity index (χ0n) is 36.2. The number of nitrogens with zero attached hydrogens (tertiary/aromatic N) is 2. The highest BCUT2D eigenvalue weighted by Gasteiger charge is 2.72. The first kappa shape index (κ1) is 36.2. The molecule has 8 unspecified atom stereocenters. The lowest BCUT2D eigenvalue weighted by molar-refractivity contribution is -0.00856. The van der Waals surface area contributed by atoms with Gasteiger partial charge in [-0.05, 0) is 131 Å². The summed E-state index contributed by atoms with van der Waals surface area (Å²) in [6, 6.07) is 8.82. The molecular weight excluding hydrogens is 695 g/mol. The van der Waals surface area contributed by atoms with Crippen LogP contribution in [0.2, 0.25) is 5.82 Å². The molecule has 5 aliphatic heterocycles. The maximum atomic E-state index is 7.74. The van der Waals surface area contributed by atoms with Gasteiger partial charge in [0.2, 0.25) is 6.71 Å². The Kier molecular flexibility index (Phi) is 8.06. The van der Waals surface area contributed by atoms with Crippen molar-refractivity contribution in [3.63, 3.8) is 0 Å². The molecule has 5 heterocycles. The fourth-order valence-electron chi connectivity index (χ4n) is 16.2. The molecule has 1 aromatic carbocycles. The van der Waals surface area contributed by atoms with Crippen LogP contribution in [0.15, 0.2) is 76.0 Å². The molecule has 57 heavy (non-hydrogen) atoms. The molecule has 2 saturated carbocycles. The summed E-state index contributed by atoms with van der Waals surface area (Å²) in [6.07, 6.45) is 31.6. The molecule has 0 bridgehead atoms. The predicted molar refractivity (Wildman–Crippen MR) is 232 cm³/mol. The van der Waals surface area contributed by atoms with E-state index in [0.29, 0.717) is 41.9 Å². The third kappa shape index (κ3) is 4.96. The zero-order valence-corrected chi connectivity index (χ0v) is 36.2. The molecule has 0 N–H and O–H groups in total. The smallest absolute Gasteiger partial charge is 0.235 e. The maximum Gasteiger partial charge on any atom is 0.235 e. The molecule has 0 amide bonds. The third-order valence-corrected chi connectivity index (χ3v) is 18.7. The lowest BCUT2D eigenvalue weighted by Crippen LogP contribution is -2.68. The summed E-state index contributed by atoms with van der Waals surface area (Å²) in [5.41, 5.74) is 11.8. The Morgan fingerprint density at radius 1 is 0.895 bits per heavy atom. The van der Waals surface area contributed by atoms with Gasteiger partial charge in [0.05, 0.1) is 11.7 Å². The van der Waals surface area contributed by atoms with E-state index in [1.165, 1.54) is 136 Å². The molecule has 8 atom stereocenters. The third-order valence-electron chi connectivity index (χ3n) is 18.7. The summed E-state index contributed by atoms with van der Waals surface area (Å²) in [6.45, 7) is 15.6. The van der Waals surface area contributed by atoms with Crippen LogP contribution in [0.3, 0.4) is 0 Å². The molecule has 0 aromatic heterocycles. The summed E-state index contributed by atoms with van der Waals surface area (Å²) in [4.78, 5) is 6.22. The Balaban J connectivity index is 1.10. The van der Waals surface area contributed by atoms with Crippen LogP contribution in [0.4, 0.5) is 0 Å². The quantitative estimate of drug-likeness (QED) is 0.221. The SMILES string of the molecule is CC1CC2=C3B(C4C=C(C5CCCCC5)CC5C4N(C3C1)C(C)(C)C51CCCCC1)C1Oc3cc(C(C)(C)C)ccc3C1N2C1=C2OC3=C(C=CCC3)C2CCC1. The Morgan fingerprint density at radius 3 is 2.51 bits per heavy atom. The van der Waals surface area contributed by atoms with E-state index < -0.39 is 0 Å². The second-order valence-electron chi connectivity index (χ2n) is 22.7. The van der Waals surface area contributed by atoms with Gasteiger partial charge in [-0.2, -0.15) is 0 Å². The van der Waals surface area contributed by atoms with Crippen molar-refractivity contribution < 1.29 is 9.47 Å². The average molecular weight is 765 g/mol. The lowest BCUT2D eigenvalue weighted by Gasteiger charge is -2.61. The van der Waals surface area contributed by atoms with E-state index in [1.54, 1.807) is 11.2 Å². The van der Waals surface area contributed by atoms with Gasteiger partial charge in [0.1, 0.15) is 23.3 Å². The summed E-state index contributed by atoms with van der Waals surface area (Å²) >= 11 is 0. The molecule has 4 nitrogen and oxygen atoms in total. The Hall–Kier alpha value is -2.66. The highest BCUT2D eigenvalue weighted by molar-refractivity contribution is 6.71. The molecule has 4 fully saturated rings. The zero-order chi connectivity index (χ0) is 38.6. The first-order valence-electron chi connectivity index (χ1n) is 24.2. The number of hydrogen-bond acceptors (Lipinski definition) is 4. The van der Waals surface area contributed by atoms with Gasteiger partial charge in [0.15, 0.2) is 0 Å². The van der Waals surface area contributed by atoms with E-state index in [-0.39, 0.29) is 23.0 Å². The average Bonchev–Trinajstić information content (AvgIpc) is 3.84. The summed E-state index contributed by atoms with van der Waals surface area (Å²) in [5.74, 6) is 6.85. The highest BCUT2D eigenvalue weighted by atomic mass is 16.5. The van der Waals surface area contributed by atoms with Crippen molar-refractivity contribution in [1.82, 2.24) is 9.80 Å². The van der Waals surface area contributed by atoms with E-state index in [9.17, 15) is 0 Å². The first-order valence-corrected chi connectivity index (χ1v) is 24.2. The van der Waals surface area contributed by atoms with E-state index in [1.807, 2.05) is 5.57 Å². The van der Waals surface area contributed by atoms with Gasteiger partial charge in [-0.3, -0.25) is 4.90 Å². The minimum Gasteiger partial charge on any atom is -0.496 e. The molecule has 2 saturated heterocycles. The number of allylic oxidation sites excluding steroid dienone is 7. The number of benzene rings is 1. The van der Waals surface area contributed by atoms with Gasteiger partial charge in [-0.25, -0.2) is 0 Å².